The van der Waals surface area contributed by atoms with Gasteiger partial charge in [-0.15, -0.1) is 0 Å². The van der Waals surface area contributed by atoms with Crippen molar-refractivity contribution in [3.8, 4) is 0 Å². The number of piperazine rings is 1. The first-order valence-corrected chi connectivity index (χ1v) is 9.04. The molecule has 3 fully saturated rings. The highest BCUT2D eigenvalue weighted by molar-refractivity contribution is 4.85. The number of hydrogen-bond donors (Lipinski definition) is 0. The molecule has 3 aliphatic heterocycles. The van der Waals surface area contributed by atoms with Gasteiger partial charge in [0.1, 0.15) is 0 Å². The Hall–Kier alpha value is -0.160. The second-order valence-corrected chi connectivity index (χ2v) is 7.33. The molecule has 3 saturated heterocycles. The third-order valence-corrected chi connectivity index (χ3v) is 5.70. The maximum absolute atomic E-state index is 5.33. The van der Waals surface area contributed by atoms with Crippen molar-refractivity contribution in [1.82, 2.24) is 14.7 Å². The number of rotatable bonds is 3. The summed E-state index contributed by atoms with van der Waals surface area (Å²) in [6, 6.07) is 2.29. The van der Waals surface area contributed by atoms with Gasteiger partial charge in [-0.25, -0.2) is 0 Å². The third kappa shape index (κ3) is 3.98. The zero-order valence-corrected chi connectivity index (χ0v) is 14.0. The first-order chi connectivity index (χ1) is 10.2. The summed E-state index contributed by atoms with van der Waals surface area (Å²) >= 11 is 0. The van der Waals surface area contributed by atoms with E-state index >= 15 is 0 Å². The molecule has 0 atom stereocenters. The largest absolute Gasteiger partial charge is 0.378 e. The highest BCUT2D eigenvalue weighted by atomic mass is 16.5. The van der Waals surface area contributed by atoms with Crippen molar-refractivity contribution in [2.24, 2.45) is 0 Å². The van der Waals surface area contributed by atoms with Crippen molar-refractivity contribution in [2.75, 3.05) is 52.5 Å². The Kier molecular flexibility index (Phi) is 5.54. The summed E-state index contributed by atoms with van der Waals surface area (Å²) in [6.07, 6.45) is 5.55. The molecule has 0 unspecified atom stereocenters. The standard InChI is InChI=1S/C17H33N3O/c1-15(2)18-7-3-5-16(6-4-8-18)19-9-11-20(12-10-19)17-13-21-14-17/h15-17H,3-14H2,1-2H3. The fraction of sp³-hybridized carbons (Fsp3) is 1.00. The molecule has 4 nitrogen and oxygen atoms in total. The van der Waals surface area contributed by atoms with E-state index in [1.165, 1.54) is 65.0 Å². The molecular weight excluding hydrogens is 262 g/mol. The summed E-state index contributed by atoms with van der Waals surface area (Å²) in [6.45, 7) is 14.3. The molecule has 0 bridgehead atoms. The van der Waals surface area contributed by atoms with Crippen LogP contribution in [0.5, 0.6) is 0 Å². The number of nitrogens with zero attached hydrogens (tertiary/aromatic N) is 3. The van der Waals surface area contributed by atoms with E-state index in [-0.39, 0.29) is 0 Å². The van der Waals surface area contributed by atoms with Crippen LogP contribution in [-0.4, -0.2) is 85.3 Å². The lowest BCUT2D eigenvalue weighted by atomic mass is 9.99. The summed E-state index contributed by atoms with van der Waals surface area (Å²) < 4.78 is 5.33. The molecular formula is C17H33N3O. The number of likely N-dealkylation sites (tertiary alicyclic amines) is 1. The number of hydrogen-bond acceptors (Lipinski definition) is 4. The number of ether oxygens (including phenoxy) is 1. The van der Waals surface area contributed by atoms with Crippen LogP contribution in [0, 0.1) is 0 Å². The lowest BCUT2D eigenvalue weighted by Crippen LogP contribution is -2.58. The van der Waals surface area contributed by atoms with Crippen LogP contribution in [-0.2, 0) is 4.74 Å². The minimum Gasteiger partial charge on any atom is -0.378 e. The van der Waals surface area contributed by atoms with Crippen LogP contribution < -0.4 is 0 Å². The van der Waals surface area contributed by atoms with Crippen LogP contribution in [0.1, 0.15) is 39.5 Å². The van der Waals surface area contributed by atoms with Crippen LogP contribution in [0.25, 0.3) is 0 Å². The Morgan fingerprint density at radius 1 is 0.762 bits per heavy atom. The van der Waals surface area contributed by atoms with Gasteiger partial charge in [0.15, 0.2) is 0 Å². The molecule has 0 aliphatic carbocycles. The van der Waals surface area contributed by atoms with Crippen molar-refractivity contribution in [2.45, 2.75) is 57.7 Å². The van der Waals surface area contributed by atoms with Crippen molar-refractivity contribution in [1.29, 1.82) is 0 Å². The topological polar surface area (TPSA) is 19.0 Å². The highest BCUT2D eigenvalue weighted by Gasteiger charge is 2.31. The fourth-order valence-electron chi connectivity index (χ4n) is 4.10. The van der Waals surface area contributed by atoms with Crippen molar-refractivity contribution >= 4 is 0 Å². The molecule has 0 aromatic heterocycles. The molecule has 21 heavy (non-hydrogen) atoms. The van der Waals surface area contributed by atoms with Gasteiger partial charge < -0.3 is 9.64 Å². The van der Waals surface area contributed by atoms with Gasteiger partial charge in [0, 0.05) is 38.3 Å². The molecule has 3 rings (SSSR count). The van der Waals surface area contributed by atoms with Gasteiger partial charge in [-0.3, -0.25) is 9.80 Å². The van der Waals surface area contributed by atoms with E-state index in [2.05, 4.69) is 28.5 Å². The summed E-state index contributed by atoms with van der Waals surface area (Å²) in [5.74, 6) is 0. The second-order valence-electron chi connectivity index (χ2n) is 7.33. The van der Waals surface area contributed by atoms with Gasteiger partial charge in [-0.05, 0) is 52.6 Å². The molecule has 122 valence electrons. The normalized spacial score (nSPS) is 29.3. The SMILES string of the molecule is CC(C)N1CCCC(N2CCN(C3COC3)CC2)CCC1. The quantitative estimate of drug-likeness (QED) is 0.788. The van der Waals surface area contributed by atoms with E-state index in [4.69, 9.17) is 4.74 Å². The van der Waals surface area contributed by atoms with Crippen LogP contribution in [0.15, 0.2) is 0 Å². The monoisotopic (exact) mass is 295 g/mol. The molecule has 0 amide bonds. The molecule has 0 radical (unpaired) electrons. The first kappa shape index (κ1) is 15.7. The molecule has 0 saturated carbocycles. The Labute approximate surface area is 130 Å². The minimum atomic E-state index is 0.717. The first-order valence-electron chi connectivity index (χ1n) is 9.04. The molecule has 3 heterocycles. The lowest BCUT2D eigenvalue weighted by molar-refractivity contribution is -0.0805. The molecule has 4 heteroatoms. The van der Waals surface area contributed by atoms with Gasteiger partial charge in [0.05, 0.1) is 19.3 Å². The Morgan fingerprint density at radius 3 is 1.71 bits per heavy atom. The van der Waals surface area contributed by atoms with Gasteiger partial charge in [-0.2, -0.15) is 0 Å². The Bertz CT molecular complexity index is 301. The van der Waals surface area contributed by atoms with Crippen LogP contribution >= 0.6 is 0 Å². The van der Waals surface area contributed by atoms with E-state index in [0.29, 0.717) is 0 Å². The molecule has 0 N–H and O–H groups in total. The smallest absolute Gasteiger partial charge is 0.0645 e. The van der Waals surface area contributed by atoms with Gasteiger partial charge >= 0.3 is 0 Å². The van der Waals surface area contributed by atoms with Crippen LogP contribution in [0.4, 0.5) is 0 Å². The van der Waals surface area contributed by atoms with Crippen molar-refractivity contribution < 1.29 is 4.74 Å². The maximum Gasteiger partial charge on any atom is 0.0645 e. The van der Waals surface area contributed by atoms with E-state index in [0.717, 1.165) is 31.3 Å². The summed E-state index contributed by atoms with van der Waals surface area (Å²) in [7, 11) is 0. The fourth-order valence-corrected chi connectivity index (χ4v) is 4.10. The van der Waals surface area contributed by atoms with Gasteiger partial charge in [-0.1, -0.05) is 0 Å². The predicted octanol–water partition coefficient (Wildman–Crippen LogP) is 1.66. The average Bonchev–Trinajstić information content (AvgIpc) is 2.37. The summed E-state index contributed by atoms with van der Waals surface area (Å²) in [5, 5.41) is 0. The predicted molar refractivity (Wildman–Crippen MR) is 86.7 cm³/mol. The van der Waals surface area contributed by atoms with Crippen molar-refractivity contribution in [3.05, 3.63) is 0 Å². The molecule has 0 aromatic rings. The zero-order chi connectivity index (χ0) is 14.7. The summed E-state index contributed by atoms with van der Waals surface area (Å²) in [4.78, 5) is 8.08. The van der Waals surface area contributed by atoms with Crippen LogP contribution in [0.2, 0.25) is 0 Å². The zero-order valence-electron chi connectivity index (χ0n) is 14.0. The minimum absolute atomic E-state index is 0.717. The Morgan fingerprint density at radius 2 is 1.29 bits per heavy atom. The van der Waals surface area contributed by atoms with E-state index in [9.17, 15) is 0 Å². The molecule has 3 aliphatic rings. The van der Waals surface area contributed by atoms with Crippen LogP contribution in [0.3, 0.4) is 0 Å². The van der Waals surface area contributed by atoms with Gasteiger partial charge in [0.2, 0.25) is 0 Å². The van der Waals surface area contributed by atoms with Crippen molar-refractivity contribution in [3.63, 3.8) is 0 Å². The average molecular weight is 295 g/mol. The van der Waals surface area contributed by atoms with E-state index in [1.807, 2.05) is 0 Å². The second kappa shape index (κ2) is 7.40. The highest BCUT2D eigenvalue weighted by Crippen LogP contribution is 2.21. The maximum atomic E-state index is 5.33. The molecule has 0 aromatic carbocycles. The third-order valence-electron chi connectivity index (χ3n) is 5.70. The lowest BCUT2D eigenvalue weighted by Gasteiger charge is -2.45. The van der Waals surface area contributed by atoms with E-state index in [1.54, 1.807) is 0 Å². The Balaban J connectivity index is 1.43. The summed E-state index contributed by atoms with van der Waals surface area (Å²) in [5.41, 5.74) is 0. The van der Waals surface area contributed by atoms with Gasteiger partial charge in [0.25, 0.3) is 0 Å². The van der Waals surface area contributed by atoms with E-state index < -0.39 is 0 Å². The molecule has 0 spiro atoms.